The lowest BCUT2D eigenvalue weighted by Gasteiger charge is -2.04. The molecular formula is C9H11N3S. The van der Waals surface area contributed by atoms with Crippen molar-refractivity contribution in [1.82, 2.24) is 4.98 Å². The Morgan fingerprint density at radius 3 is 3.15 bits per heavy atom. The van der Waals surface area contributed by atoms with Gasteiger partial charge in [-0.1, -0.05) is 18.7 Å². The van der Waals surface area contributed by atoms with Crippen LogP contribution in [0.4, 0.5) is 5.69 Å². The first kappa shape index (κ1) is 8.56. The van der Waals surface area contributed by atoms with Crippen molar-refractivity contribution in [3.05, 3.63) is 24.5 Å². The summed E-state index contributed by atoms with van der Waals surface area (Å²) < 4.78 is 0. The van der Waals surface area contributed by atoms with Gasteiger partial charge in [0.05, 0.1) is 18.4 Å². The molecule has 3 nitrogen and oxygen atoms in total. The third kappa shape index (κ3) is 2.21. The number of hydrogen-bond donors (Lipinski definition) is 1. The summed E-state index contributed by atoms with van der Waals surface area (Å²) in [5, 5.41) is 4.82. The van der Waals surface area contributed by atoms with Crippen LogP contribution in [0.15, 0.2) is 29.5 Å². The van der Waals surface area contributed by atoms with Crippen LogP contribution in [0, 0.1) is 0 Å². The van der Waals surface area contributed by atoms with Gasteiger partial charge in [0, 0.05) is 11.4 Å². The molecule has 0 fully saturated rings. The maximum atomic E-state index is 4.35. The molecule has 0 radical (unpaired) electrons. The minimum Gasteiger partial charge on any atom is -0.334 e. The van der Waals surface area contributed by atoms with Crippen LogP contribution >= 0.6 is 11.8 Å². The molecule has 1 atom stereocenters. The smallest absolute Gasteiger partial charge is 0.161 e. The van der Waals surface area contributed by atoms with Crippen LogP contribution in [0.2, 0.25) is 0 Å². The predicted octanol–water partition coefficient (Wildman–Crippen LogP) is 1.98. The van der Waals surface area contributed by atoms with Crippen LogP contribution in [0.3, 0.4) is 0 Å². The molecule has 4 heteroatoms. The van der Waals surface area contributed by atoms with Gasteiger partial charge in [0.1, 0.15) is 0 Å². The summed E-state index contributed by atoms with van der Waals surface area (Å²) in [6.45, 7) is 3.08. The summed E-state index contributed by atoms with van der Waals surface area (Å²) in [7, 11) is 0. The van der Waals surface area contributed by atoms with E-state index in [1.54, 1.807) is 24.2 Å². The second-order valence-electron chi connectivity index (χ2n) is 2.94. The minimum absolute atomic E-state index is 0.596. The van der Waals surface area contributed by atoms with Crippen molar-refractivity contribution in [3.8, 4) is 0 Å². The Bertz CT molecular complexity index is 310. The van der Waals surface area contributed by atoms with Gasteiger partial charge in [-0.3, -0.25) is 9.98 Å². The SMILES string of the molecule is C[C@H]1CN=C(Nc2cccnc2)S1. The zero-order valence-corrected chi connectivity index (χ0v) is 8.21. The molecule has 0 aromatic carbocycles. The Labute approximate surface area is 81.7 Å². The van der Waals surface area contributed by atoms with Gasteiger partial charge in [-0.15, -0.1) is 0 Å². The highest BCUT2D eigenvalue weighted by atomic mass is 32.2. The zero-order valence-electron chi connectivity index (χ0n) is 7.40. The fourth-order valence-corrected chi connectivity index (χ4v) is 1.96. The molecule has 0 aliphatic carbocycles. The number of hydrogen-bond acceptors (Lipinski definition) is 4. The Morgan fingerprint density at radius 1 is 1.62 bits per heavy atom. The average Bonchev–Trinajstić information content (AvgIpc) is 2.53. The fourth-order valence-electron chi connectivity index (χ4n) is 1.11. The standard InChI is InChI=1S/C9H11N3S/c1-7-5-11-9(13-7)12-8-3-2-4-10-6-8/h2-4,6-7H,5H2,1H3,(H,11,12)/t7-/m0/s1. The summed E-state index contributed by atoms with van der Waals surface area (Å²) >= 11 is 1.77. The number of thioether (sulfide) groups is 1. The topological polar surface area (TPSA) is 37.3 Å². The van der Waals surface area contributed by atoms with Crippen molar-refractivity contribution in [1.29, 1.82) is 0 Å². The summed E-state index contributed by atoms with van der Waals surface area (Å²) in [5.74, 6) is 0. The van der Waals surface area contributed by atoms with Crippen molar-refractivity contribution in [2.45, 2.75) is 12.2 Å². The molecule has 1 aliphatic rings. The van der Waals surface area contributed by atoms with Crippen molar-refractivity contribution < 1.29 is 0 Å². The van der Waals surface area contributed by atoms with E-state index in [1.165, 1.54) is 0 Å². The molecular weight excluding hydrogens is 182 g/mol. The molecule has 1 aliphatic heterocycles. The molecule has 2 heterocycles. The zero-order chi connectivity index (χ0) is 9.10. The number of rotatable bonds is 1. The molecule has 13 heavy (non-hydrogen) atoms. The summed E-state index contributed by atoms with van der Waals surface area (Å²) in [5.41, 5.74) is 1.00. The van der Waals surface area contributed by atoms with E-state index < -0.39 is 0 Å². The van der Waals surface area contributed by atoms with Crippen LogP contribution in [0.5, 0.6) is 0 Å². The highest BCUT2D eigenvalue weighted by Gasteiger charge is 2.14. The first-order valence-electron chi connectivity index (χ1n) is 4.23. The van der Waals surface area contributed by atoms with E-state index in [4.69, 9.17) is 0 Å². The first-order valence-corrected chi connectivity index (χ1v) is 5.11. The Hall–Kier alpha value is -1.03. The molecule has 1 N–H and O–H groups in total. The molecule has 0 spiro atoms. The molecule has 0 saturated carbocycles. The van der Waals surface area contributed by atoms with Gasteiger partial charge in [-0.25, -0.2) is 0 Å². The summed E-state index contributed by atoms with van der Waals surface area (Å²) in [4.78, 5) is 8.37. The van der Waals surface area contributed by atoms with E-state index in [0.717, 1.165) is 17.4 Å². The quantitative estimate of drug-likeness (QED) is 0.741. The van der Waals surface area contributed by atoms with Gasteiger partial charge < -0.3 is 5.32 Å². The highest BCUT2D eigenvalue weighted by Crippen LogP contribution is 2.21. The van der Waals surface area contributed by atoms with Crippen LogP contribution in [0.25, 0.3) is 0 Å². The van der Waals surface area contributed by atoms with E-state index in [9.17, 15) is 0 Å². The van der Waals surface area contributed by atoms with E-state index in [1.807, 2.05) is 12.1 Å². The van der Waals surface area contributed by atoms with Gasteiger partial charge in [-0.05, 0) is 12.1 Å². The van der Waals surface area contributed by atoms with Gasteiger partial charge in [0.25, 0.3) is 0 Å². The lowest BCUT2D eigenvalue weighted by atomic mass is 10.4. The summed E-state index contributed by atoms with van der Waals surface area (Å²) in [6.07, 6.45) is 3.56. The van der Waals surface area contributed by atoms with Crippen LogP contribution in [-0.2, 0) is 0 Å². The number of aliphatic imine (C=N–C) groups is 1. The van der Waals surface area contributed by atoms with Gasteiger partial charge in [-0.2, -0.15) is 0 Å². The second-order valence-corrected chi connectivity index (χ2v) is 4.37. The average molecular weight is 193 g/mol. The van der Waals surface area contributed by atoms with Crippen LogP contribution < -0.4 is 5.32 Å². The van der Waals surface area contributed by atoms with Gasteiger partial charge >= 0.3 is 0 Å². The van der Waals surface area contributed by atoms with E-state index >= 15 is 0 Å². The Morgan fingerprint density at radius 2 is 2.54 bits per heavy atom. The molecule has 0 amide bonds. The molecule has 2 rings (SSSR count). The first-order chi connectivity index (χ1) is 6.34. The van der Waals surface area contributed by atoms with Crippen molar-refractivity contribution in [2.75, 3.05) is 11.9 Å². The largest absolute Gasteiger partial charge is 0.334 e. The monoisotopic (exact) mass is 193 g/mol. The summed E-state index contributed by atoms with van der Waals surface area (Å²) in [6, 6.07) is 3.89. The fraction of sp³-hybridized carbons (Fsp3) is 0.333. The number of pyridine rings is 1. The van der Waals surface area contributed by atoms with Gasteiger partial charge in [0.15, 0.2) is 5.17 Å². The number of nitrogens with one attached hydrogen (secondary N) is 1. The molecule has 1 aromatic heterocycles. The number of aromatic nitrogens is 1. The molecule has 0 unspecified atom stereocenters. The maximum Gasteiger partial charge on any atom is 0.161 e. The minimum atomic E-state index is 0.596. The van der Waals surface area contributed by atoms with Crippen LogP contribution in [-0.4, -0.2) is 21.9 Å². The molecule has 1 aromatic rings. The Kier molecular flexibility index (Phi) is 2.49. The Balaban J connectivity index is 2.00. The van der Waals surface area contributed by atoms with Crippen molar-refractivity contribution >= 4 is 22.6 Å². The third-order valence-electron chi connectivity index (χ3n) is 1.72. The number of nitrogens with zero attached hydrogens (tertiary/aromatic N) is 2. The normalized spacial score (nSPS) is 21.3. The number of amidine groups is 1. The number of anilines is 1. The predicted molar refractivity (Wildman–Crippen MR) is 57.2 cm³/mol. The van der Waals surface area contributed by atoms with Crippen molar-refractivity contribution in [3.63, 3.8) is 0 Å². The van der Waals surface area contributed by atoms with E-state index in [-0.39, 0.29) is 0 Å². The lowest BCUT2D eigenvalue weighted by molar-refractivity contribution is 0.976. The highest BCUT2D eigenvalue weighted by molar-refractivity contribution is 8.15. The van der Waals surface area contributed by atoms with Crippen LogP contribution in [0.1, 0.15) is 6.92 Å². The molecule has 68 valence electrons. The lowest BCUT2D eigenvalue weighted by Crippen LogP contribution is -2.05. The van der Waals surface area contributed by atoms with E-state index in [2.05, 4.69) is 22.2 Å². The van der Waals surface area contributed by atoms with Crippen molar-refractivity contribution in [2.24, 2.45) is 4.99 Å². The maximum absolute atomic E-state index is 4.35. The third-order valence-corrected chi connectivity index (χ3v) is 2.72. The van der Waals surface area contributed by atoms with Gasteiger partial charge in [0.2, 0.25) is 0 Å². The molecule has 0 saturated heterocycles. The molecule has 0 bridgehead atoms. The second kappa shape index (κ2) is 3.79. The van der Waals surface area contributed by atoms with E-state index in [0.29, 0.717) is 5.25 Å².